The highest BCUT2D eigenvalue weighted by Crippen LogP contribution is 2.39. The van der Waals surface area contributed by atoms with Crippen molar-refractivity contribution in [2.75, 3.05) is 19.8 Å². The van der Waals surface area contributed by atoms with Crippen LogP contribution in [0.5, 0.6) is 5.75 Å². The van der Waals surface area contributed by atoms with E-state index in [2.05, 4.69) is 45.3 Å². The van der Waals surface area contributed by atoms with Crippen LogP contribution < -0.4 is 10.5 Å². The van der Waals surface area contributed by atoms with E-state index in [9.17, 15) is 9.18 Å². The second-order valence-electron chi connectivity index (χ2n) is 11.9. The number of rotatable bonds is 10. The zero-order valence-corrected chi connectivity index (χ0v) is 24.0. The number of carbonyl (C=O) groups excluding carboxylic acids is 1. The van der Waals surface area contributed by atoms with Crippen molar-refractivity contribution in [3.8, 4) is 17.3 Å². The van der Waals surface area contributed by atoms with Gasteiger partial charge in [0.15, 0.2) is 5.82 Å². The number of carbonyl (C=O) groups is 1. The van der Waals surface area contributed by atoms with Crippen LogP contribution in [0.3, 0.4) is 0 Å². The van der Waals surface area contributed by atoms with Gasteiger partial charge in [-0.05, 0) is 61.9 Å². The van der Waals surface area contributed by atoms with Crippen LogP contribution in [0.15, 0.2) is 55.1 Å². The summed E-state index contributed by atoms with van der Waals surface area (Å²) in [7, 11) is 2.04. The molecular weight excluding hydrogens is 533 g/mol. The number of alkyl halides is 1. The molecular formula is C32H36FN7O2. The fourth-order valence-electron chi connectivity index (χ4n) is 6.21. The summed E-state index contributed by atoms with van der Waals surface area (Å²) in [5.41, 5.74) is 11.3. The molecule has 0 saturated heterocycles. The minimum absolute atomic E-state index is 0.0452. The number of aryl methyl sites for hydroxylation is 1. The predicted octanol–water partition coefficient (Wildman–Crippen LogP) is 4.56. The maximum absolute atomic E-state index is 13.3. The largest absolute Gasteiger partial charge is 0.487 e. The summed E-state index contributed by atoms with van der Waals surface area (Å²) in [5, 5.41) is 1.11. The lowest BCUT2D eigenvalue weighted by atomic mass is 9.97. The molecule has 1 saturated carbocycles. The maximum atomic E-state index is 13.3. The Kier molecular flexibility index (Phi) is 6.73. The van der Waals surface area contributed by atoms with Gasteiger partial charge in [-0.15, -0.1) is 0 Å². The van der Waals surface area contributed by atoms with Crippen LogP contribution in [0.4, 0.5) is 4.39 Å². The molecule has 0 radical (unpaired) electrons. The Morgan fingerprint density at radius 1 is 1.19 bits per heavy atom. The number of hydrogen-bond acceptors (Lipinski definition) is 5. The minimum atomic E-state index is -0.670. The second-order valence-corrected chi connectivity index (χ2v) is 11.9. The van der Waals surface area contributed by atoms with Gasteiger partial charge in [-0.1, -0.05) is 12.1 Å². The fraction of sp³-hybridized carbons (Fsp3) is 0.406. The Morgan fingerprint density at radius 2 is 2.05 bits per heavy atom. The average molecular weight is 570 g/mol. The van der Waals surface area contributed by atoms with Crippen LogP contribution >= 0.6 is 0 Å². The topological polar surface area (TPSA) is 96.1 Å². The Labute approximate surface area is 243 Å². The number of hydrogen-bond donors (Lipinski definition) is 1. The predicted molar refractivity (Wildman–Crippen MR) is 160 cm³/mol. The first-order valence-electron chi connectivity index (χ1n) is 14.7. The summed E-state index contributed by atoms with van der Waals surface area (Å²) in [6.07, 6.45) is 8.64. The van der Waals surface area contributed by atoms with E-state index >= 15 is 0 Å². The van der Waals surface area contributed by atoms with Crippen LogP contribution in [-0.4, -0.2) is 66.4 Å². The van der Waals surface area contributed by atoms with E-state index in [1.807, 2.05) is 36.3 Å². The second kappa shape index (κ2) is 10.6. The summed E-state index contributed by atoms with van der Waals surface area (Å²) in [6.45, 7) is 3.79. The van der Waals surface area contributed by atoms with E-state index in [0.717, 1.165) is 51.3 Å². The van der Waals surface area contributed by atoms with Crippen molar-refractivity contribution in [3.05, 3.63) is 66.2 Å². The Balaban J connectivity index is 1.28. The number of imidazole rings is 2. The summed E-state index contributed by atoms with van der Waals surface area (Å²) < 4.78 is 26.1. The van der Waals surface area contributed by atoms with Gasteiger partial charge in [-0.3, -0.25) is 4.79 Å². The fourth-order valence-corrected chi connectivity index (χ4v) is 6.21. The smallest absolute Gasteiger partial charge is 0.254 e. The number of amides is 1. The molecule has 9 nitrogen and oxygen atoms in total. The lowest BCUT2D eigenvalue weighted by Crippen LogP contribution is -2.45. The molecule has 0 unspecified atom stereocenters. The summed E-state index contributed by atoms with van der Waals surface area (Å²) in [6, 6.07) is 11.7. The highest BCUT2D eigenvalue weighted by Gasteiger charge is 2.29. The van der Waals surface area contributed by atoms with E-state index in [4.69, 9.17) is 15.5 Å². The molecule has 5 aromatic rings. The van der Waals surface area contributed by atoms with Crippen molar-refractivity contribution in [2.24, 2.45) is 18.7 Å². The van der Waals surface area contributed by atoms with Gasteiger partial charge < -0.3 is 29.1 Å². The summed E-state index contributed by atoms with van der Waals surface area (Å²) >= 11 is 0. The molecule has 2 aliphatic rings. The van der Waals surface area contributed by atoms with Gasteiger partial charge in [0.1, 0.15) is 18.5 Å². The molecule has 7 rings (SSSR count). The van der Waals surface area contributed by atoms with Crippen LogP contribution in [-0.2, 0) is 26.6 Å². The van der Waals surface area contributed by atoms with Crippen molar-refractivity contribution >= 4 is 27.8 Å². The van der Waals surface area contributed by atoms with Crippen LogP contribution in [0.1, 0.15) is 35.7 Å². The molecule has 4 heterocycles. The van der Waals surface area contributed by atoms with Crippen molar-refractivity contribution in [1.82, 2.24) is 28.6 Å². The lowest BCUT2D eigenvalue weighted by molar-refractivity contribution is 0.0725. The Bertz CT molecular complexity index is 1770. The maximum Gasteiger partial charge on any atom is 0.254 e. The third-order valence-corrected chi connectivity index (χ3v) is 8.53. The van der Waals surface area contributed by atoms with Crippen LogP contribution in [0, 0.1) is 5.92 Å². The first kappa shape index (κ1) is 26.7. The van der Waals surface area contributed by atoms with Crippen molar-refractivity contribution in [2.45, 2.75) is 51.4 Å². The van der Waals surface area contributed by atoms with Gasteiger partial charge in [0, 0.05) is 50.0 Å². The molecule has 1 aliphatic heterocycles. The number of nitrogens with two attached hydrogens (primary N) is 1. The quantitative estimate of drug-likeness (QED) is 0.266. The monoisotopic (exact) mass is 569 g/mol. The van der Waals surface area contributed by atoms with Gasteiger partial charge in [-0.25, -0.2) is 14.4 Å². The molecule has 218 valence electrons. The van der Waals surface area contributed by atoms with Gasteiger partial charge >= 0.3 is 0 Å². The zero-order valence-electron chi connectivity index (χ0n) is 24.0. The van der Waals surface area contributed by atoms with Crippen molar-refractivity contribution in [3.63, 3.8) is 0 Å². The molecule has 1 fully saturated rings. The SMILES string of the molecule is C[C@@H](Cn1ccnc1)Oc1cccc2cc(-c3nc4cc5c(cc4n3C)CCN(C[C@H](N)CF)C5=O)n(CC3CC3)c12. The molecule has 2 N–H and O–H groups in total. The number of halogens is 1. The standard InChI is InChI=1S/C32H36FN7O2/c1-20(16-38-11-9-35-19-38)42-29-5-3-4-23-13-28(40(30(23)29)17-21-6-7-21)31-36-26-14-25-22(12-27(26)37(31)2)8-10-39(32(25)41)18-24(34)15-33/h3-5,9,11-14,19-21,24H,6-8,10,15-18,34H2,1-2H3/t20-,24+/m0/s1. The molecule has 2 aromatic carbocycles. The van der Waals surface area contributed by atoms with Crippen molar-refractivity contribution < 1.29 is 13.9 Å². The number of para-hydroxylation sites is 1. The van der Waals surface area contributed by atoms with Crippen LogP contribution in [0.2, 0.25) is 0 Å². The van der Waals surface area contributed by atoms with Crippen molar-refractivity contribution in [1.29, 1.82) is 0 Å². The molecule has 3 aromatic heterocycles. The highest BCUT2D eigenvalue weighted by molar-refractivity contribution is 6.01. The molecule has 2 atom stereocenters. The molecule has 1 aliphatic carbocycles. The number of ether oxygens (including phenoxy) is 1. The van der Waals surface area contributed by atoms with E-state index in [-0.39, 0.29) is 18.6 Å². The number of nitrogens with zero attached hydrogens (tertiary/aromatic N) is 6. The van der Waals surface area contributed by atoms with E-state index in [1.165, 1.54) is 12.8 Å². The van der Waals surface area contributed by atoms with Gasteiger partial charge in [-0.2, -0.15) is 0 Å². The average Bonchev–Trinajstić information content (AvgIpc) is 3.36. The van der Waals surface area contributed by atoms with Gasteiger partial charge in [0.25, 0.3) is 5.91 Å². The lowest BCUT2D eigenvalue weighted by Gasteiger charge is -2.30. The van der Waals surface area contributed by atoms with Gasteiger partial charge in [0.2, 0.25) is 0 Å². The Morgan fingerprint density at radius 3 is 2.81 bits per heavy atom. The third kappa shape index (κ3) is 4.83. The Hall–Kier alpha value is -4.18. The van der Waals surface area contributed by atoms with E-state index in [0.29, 0.717) is 31.0 Å². The van der Waals surface area contributed by atoms with E-state index in [1.54, 1.807) is 11.1 Å². The normalized spacial score (nSPS) is 16.8. The first-order valence-corrected chi connectivity index (χ1v) is 14.7. The number of fused-ring (bicyclic) bond motifs is 3. The molecule has 0 spiro atoms. The molecule has 1 amide bonds. The zero-order chi connectivity index (χ0) is 29.0. The number of aromatic nitrogens is 5. The first-order chi connectivity index (χ1) is 20.4. The third-order valence-electron chi connectivity index (χ3n) is 8.53. The van der Waals surface area contributed by atoms with E-state index < -0.39 is 12.7 Å². The van der Waals surface area contributed by atoms with Gasteiger partial charge in [0.05, 0.1) is 41.2 Å². The molecule has 10 heteroatoms. The molecule has 0 bridgehead atoms. The minimum Gasteiger partial charge on any atom is -0.487 e. The summed E-state index contributed by atoms with van der Waals surface area (Å²) in [4.78, 5) is 24.2. The highest BCUT2D eigenvalue weighted by atomic mass is 19.1. The molecule has 42 heavy (non-hydrogen) atoms. The van der Waals surface area contributed by atoms with Crippen LogP contribution in [0.25, 0.3) is 33.5 Å². The number of benzene rings is 2. The summed E-state index contributed by atoms with van der Waals surface area (Å²) in [5.74, 6) is 2.24.